The van der Waals surface area contributed by atoms with E-state index in [0.29, 0.717) is 23.2 Å². The fraction of sp³-hybridized carbons (Fsp3) is 0.889. The van der Waals surface area contributed by atoms with Gasteiger partial charge in [-0.15, -0.1) is 0 Å². The largest absolute Gasteiger partial charge is 0.403 e. The van der Waals surface area contributed by atoms with Crippen molar-refractivity contribution in [1.82, 2.24) is 0 Å². The fourth-order valence-corrected chi connectivity index (χ4v) is 8.32. The van der Waals surface area contributed by atoms with Gasteiger partial charge in [-0.05, 0) is 92.8 Å². The van der Waals surface area contributed by atoms with Crippen molar-refractivity contribution in [3.63, 3.8) is 0 Å². The summed E-state index contributed by atoms with van der Waals surface area (Å²) in [5.41, 5.74) is 8.42. The summed E-state index contributed by atoms with van der Waals surface area (Å²) in [6.45, 7) is 36.7. The summed E-state index contributed by atoms with van der Waals surface area (Å²) in [5.74, 6) is 4.36. The highest BCUT2D eigenvalue weighted by atomic mass is 32.1. The first kappa shape index (κ1) is 41.1. The average Bonchev–Trinajstić information content (AvgIpc) is 2.84. The molecular formula is C36H73NS2. The lowest BCUT2D eigenvalue weighted by Gasteiger charge is -2.59. The Bertz CT molecular complexity index is 684. The third-order valence-corrected chi connectivity index (χ3v) is 11.3. The van der Waals surface area contributed by atoms with Gasteiger partial charge in [0.05, 0.1) is 0 Å². The van der Waals surface area contributed by atoms with Crippen LogP contribution in [0.2, 0.25) is 0 Å². The van der Waals surface area contributed by atoms with Crippen molar-refractivity contribution in [2.45, 2.75) is 164 Å². The molecule has 3 heteroatoms. The topological polar surface area (TPSA) is 26.0 Å². The van der Waals surface area contributed by atoms with Crippen LogP contribution in [0.25, 0.3) is 0 Å². The van der Waals surface area contributed by atoms with Crippen LogP contribution in [0.3, 0.4) is 0 Å². The summed E-state index contributed by atoms with van der Waals surface area (Å²) >= 11 is 10.2. The van der Waals surface area contributed by atoms with Gasteiger partial charge in [-0.25, -0.2) is 0 Å². The van der Waals surface area contributed by atoms with Crippen molar-refractivity contribution in [1.29, 1.82) is 0 Å². The summed E-state index contributed by atoms with van der Waals surface area (Å²) in [5, 5.41) is 0. The maximum atomic E-state index is 5.69. The number of hydrogen-bond donors (Lipinski definition) is 3. The summed E-state index contributed by atoms with van der Waals surface area (Å²) < 4.78 is 0.189. The molecule has 3 rings (SSSR count). The highest BCUT2D eigenvalue weighted by Gasteiger charge is 2.55. The van der Waals surface area contributed by atoms with Gasteiger partial charge in [0, 0.05) is 15.2 Å². The molecule has 3 saturated carbocycles. The Balaban J connectivity index is 0. The Morgan fingerprint density at radius 1 is 1.00 bits per heavy atom. The SMILES string of the molecule is C=C(N)CC1CC(=C)C(C)C(C)C1C.CC.CC.CC(C)CC1(S)C[C@]2(C)CCCCC2C[C@@]1(C)S.CCC. The van der Waals surface area contributed by atoms with Crippen LogP contribution >= 0.6 is 25.3 Å². The van der Waals surface area contributed by atoms with Gasteiger partial charge < -0.3 is 5.73 Å². The van der Waals surface area contributed by atoms with Crippen molar-refractivity contribution < 1.29 is 0 Å². The number of nitrogens with two attached hydrogens (primary N) is 1. The Labute approximate surface area is 259 Å². The predicted octanol–water partition coefficient (Wildman–Crippen LogP) is 12.2. The van der Waals surface area contributed by atoms with Crippen LogP contribution < -0.4 is 5.73 Å². The maximum absolute atomic E-state index is 5.69. The maximum Gasteiger partial charge on any atom is 0.0279 e. The van der Waals surface area contributed by atoms with Gasteiger partial charge in [-0.2, -0.15) is 25.3 Å². The predicted molar refractivity (Wildman–Crippen MR) is 189 cm³/mol. The monoisotopic (exact) mass is 584 g/mol. The zero-order valence-electron chi connectivity index (χ0n) is 28.9. The van der Waals surface area contributed by atoms with Crippen molar-refractivity contribution in [2.75, 3.05) is 0 Å². The second-order valence-electron chi connectivity index (χ2n) is 13.6. The van der Waals surface area contributed by atoms with E-state index in [2.05, 4.69) is 75.5 Å². The fourth-order valence-electron chi connectivity index (χ4n) is 7.11. The van der Waals surface area contributed by atoms with E-state index in [9.17, 15) is 0 Å². The Morgan fingerprint density at radius 3 is 1.97 bits per heavy atom. The molecule has 0 bridgehead atoms. The number of fused-ring (bicyclic) bond motifs is 1. The highest BCUT2D eigenvalue weighted by molar-refractivity contribution is 7.86. The van der Waals surface area contributed by atoms with Crippen molar-refractivity contribution in [2.24, 2.45) is 46.7 Å². The molecule has 0 aliphatic heterocycles. The van der Waals surface area contributed by atoms with Crippen LogP contribution in [-0.4, -0.2) is 9.49 Å². The van der Waals surface area contributed by atoms with Crippen LogP contribution in [-0.2, 0) is 0 Å². The van der Waals surface area contributed by atoms with Crippen LogP contribution in [0.15, 0.2) is 24.4 Å². The van der Waals surface area contributed by atoms with Gasteiger partial charge in [0.2, 0.25) is 0 Å². The molecule has 0 amide bonds. The van der Waals surface area contributed by atoms with Crippen molar-refractivity contribution in [3.05, 3.63) is 24.4 Å². The minimum atomic E-state index is 0.0852. The van der Waals surface area contributed by atoms with E-state index in [0.717, 1.165) is 36.3 Å². The lowest BCUT2D eigenvalue weighted by molar-refractivity contribution is 0.0245. The Kier molecular flexibility index (Phi) is 20.3. The first-order chi connectivity index (χ1) is 18.0. The molecule has 2 N–H and O–H groups in total. The van der Waals surface area contributed by atoms with Crippen molar-refractivity contribution in [3.8, 4) is 0 Å². The molecule has 0 radical (unpaired) electrons. The van der Waals surface area contributed by atoms with Gasteiger partial charge in [-0.1, -0.05) is 121 Å². The van der Waals surface area contributed by atoms with Gasteiger partial charge in [0.15, 0.2) is 0 Å². The zero-order chi connectivity index (χ0) is 31.2. The minimum absolute atomic E-state index is 0.0852. The average molecular weight is 584 g/mol. The number of hydrogen-bond acceptors (Lipinski definition) is 3. The van der Waals surface area contributed by atoms with E-state index in [-0.39, 0.29) is 9.49 Å². The van der Waals surface area contributed by atoms with E-state index >= 15 is 0 Å². The molecule has 39 heavy (non-hydrogen) atoms. The molecule has 0 saturated heterocycles. The van der Waals surface area contributed by atoms with Crippen molar-refractivity contribution >= 4 is 25.3 Å². The van der Waals surface area contributed by atoms with Gasteiger partial charge in [0.1, 0.15) is 0 Å². The molecule has 0 aromatic rings. The smallest absolute Gasteiger partial charge is 0.0279 e. The van der Waals surface area contributed by atoms with Gasteiger partial charge in [-0.3, -0.25) is 0 Å². The van der Waals surface area contributed by atoms with Gasteiger partial charge >= 0.3 is 0 Å². The minimum Gasteiger partial charge on any atom is -0.403 e. The molecular weight excluding hydrogens is 511 g/mol. The standard InChI is InChI=1S/C16H30S2.C13H23N.C3H8.2C2H6/c1-12(2)9-16(18)11-14(3)8-6-5-7-13(14)10-15(16,4)17;1-8-6-13(7-9(2)14)12(5)11(4)10(8)3;1-3-2;2*1-2/h12-13,17-18H,5-11H2,1-4H3;10-13H,1-2,6-7,14H2,3-5H3;3H2,1-2H3;2*1-2H3/t13?,14-,15+,16?;;;;/m0..../s1. The normalized spacial score (nSPS) is 37.2. The van der Waals surface area contributed by atoms with E-state index in [4.69, 9.17) is 31.0 Å². The lowest BCUT2D eigenvalue weighted by atomic mass is 9.54. The molecule has 3 fully saturated rings. The molecule has 0 spiro atoms. The molecule has 6 unspecified atom stereocenters. The summed E-state index contributed by atoms with van der Waals surface area (Å²) in [6, 6.07) is 0. The molecule has 3 aliphatic rings. The molecule has 3 aliphatic carbocycles. The van der Waals surface area contributed by atoms with E-state index in [1.807, 2.05) is 27.7 Å². The first-order valence-corrected chi connectivity index (χ1v) is 17.5. The third kappa shape index (κ3) is 12.4. The number of rotatable bonds is 4. The molecule has 234 valence electrons. The Morgan fingerprint density at radius 2 is 1.51 bits per heavy atom. The number of allylic oxidation sites excluding steroid dienone is 2. The van der Waals surface area contributed by atoms with E-state index < -0.39 is 0 Å². The van der Waals surface area contributed by atoms with E-state index in [1.165, 1.54) is 56.9 Å². The summed E-state index contributed by atoms with van der Waals surface area (Å²) in [6.07, 6.45) is 12.7. The summed E-state index contributed by atoms with van der Waals surface area (Å²) in [4.78, 5) is 0. The second kappa shape index (κ2) is 19.2. The Hall–Kier alpha value is -0.0200. The molecule has 0 heterocycles. The zero-order valence-corrected chi connectivity index (χ0v) is 30.7. The molecule has 8 atom stereocenters. The molecule has 0 aromatic carbocycles. The number of thiol groups is 2. The first-order valence-electron chi connectivity index (χ1n) is 16.6. The van der Waals surface area contributed by atoms with Gasteiger partial charge in [0.25, 0.3) is 0 Å². The second-order valence-corrected chi connectivity index (χ2v) is 15.4. The highest BCUT2D eigenvalue weighted by Crippen LogP contribution is 2.61. The summed E-state index contributed by atoms with van der Waals surface area (Å²) in [7, 11) is 0. The van der Waals surface area contributed by atoms with Crippen LogP contribution in [0.5, 0.6) is 0 Å². The van der Waals surface area contributed by atoms with Crippen LogP contribution in [0.4, 0.5) is 0 Å². The third-order valence-electron chi connectivity index (χ3n) is 9.68. The van der Waals surface area contributed by atoms with E-state index in [1.54, 1.807) is 0 Å². The lowest BCUT2D eigenvalue weighted by Crippen LogP contribution is -2.56. The molecule has 1 nitrogen and oxygen atoms in total. The molecule has 0 aromatic heterocycles. The quantitative estimate of drug-likeness (QED) is 0.223. The van der Waals surface area contributed by atoms with Crippen LogP contribution in [0, 0.1) is 40.9 Å². The van der Waals surface area contributed by atoms with Crippen LogP contribution in [0.1, 0.15) is 154 Å².